The van der Waals surface area contributed by atoms with Gasteiger partial charge in [-0.15, -0.1) is 0 Å². The van der Waals surface area contributed by atoms with Gasteiger partial charge < -0.3 is 5.32 Å². The van der Waals surface area contributed by atoms with Gasteiger partial charge in [-0.1, -0.05) is 0 Å². The first-order chi connectivity index (χ1) is 6.18. The average molecular weight is 184 g/mol. The molecule has 2 fully saturated rings. The summed E-state index contributed by atoms with van der Waals surface area (Å²) in [4.78, 5) is 30.4. The van der Waals surface area contributed by atoms with Gasteiger partial charge in [0.05, 0.1) is 0 Å². The van der Waals surface area contributed by atoms with E-state index in [2.05, 4.69) is 10.6 Å². The molecule has 72 valence electrons. The fourth-order valence-corrected chi connectivity index (χ4v) is 1.07. The first kappa shape index (κ1) is 9.70. The Morgan fingerprint density at radius 3 is 1.62 bits per heavy atom. The summed E-state index contributed by atoms with van der Waals surface area (Å²) in [5, 5.41) is 4.82. The lowest BCUT2D eigenvalue weighted by Crippen LogP contribution is -2.18. The molecule has 0 atom stereocenters. The maximum absolute atomic E-state index is 10.1. The Kier molecular flexibility index (Phi) is 3.42. The lowest BCUT2D eigenvalue weighted by atomic mass is 10.4. The molecule has 0 spiro atoms. The number of hydrogen-bond acceptors (Lipinski definition) is 3. The quantitative estimate of drug-likeness (QED) is 0.490. The molecule has 5 nitrogen and oxygen atoms in total. The van der Waals surface area contributed by atoms with Crippen LogP contribution in [0, 0.1) is 0 Å². The molecule has 2 rings (SSSR count). The van der Waals surface area contributed by atoms with Gasteiger partial charge in [0.15, 0.2) is 0 Å². The summed E-state index contributed by atoms with van der Waals surface area (Å²) in [6.07, 6.45) is 2.51. The third kappa shape index (κ3) is 3.68. The second kappa shape index (κ2) is 4.59. The van der Waals surface area contributed by atoms with Gasteiger partial charge in [-0.3, -0.25) is 19.7 Å². The minimum Gasteiger partial charge on any atom is -0.356 e. The van der Waals surface area contributed by atoms with Crippen molar-refractivity contribution in [1.82, 2.24) is 10.6 Å². The fourth-order valence-electron chi connectivity index (χ4n) is 1.07. The van der Waals surface area contributed by atoms with Gasteiger partial charge in [-0.05, 0) is 6.42 Å². The van der Waals surface area contributed by atoms with E-state index >= 15 is 0 Å². The van der Waals surface area contributed by atoms with Crippen molar-refractivity contribution in [3.05, 3.63) is 0 Å². The maximum Gasteiger partial charge on any atom is 0.227 e. The van der Waals surface area contributed by atoms with Crippen LogP contribution < -0.4 is 10.6 Å². The number of hydrogen-bond donors (Lipinski definition) is 2. The Morgan fingerprint density at radius 1 is 0.846 bits per heavy atom. The van der Waals surface area contributed by atoms with Crippen molar-refractivity contribution < 1.29 is 14.4 Å². The van der Waals surface area contributed by atoms with Gasteiger partial charge in [0.1, 0.15) is 0 Å². The normalized spacial score (nSPS) is 20.5. The predicted octanol–water partition coefficient (Wildman–Crippen LogP) is -0.681. The van der Waals surface area contributed by atoms with Crippen LogP contribution in [0.2, 0.25) is 0 Å². The topological polar surface area (TPSA) is 75.3 Å². The van der Waals surface area contributed by atoms with Crippen LogP contribution in [-0.2, 0) is 14.4 Å². The van der Waals surface area contributed by atoms with E-state index in [4.69, 9.17) is 0 Å². The third-order valence-electron chi connectivity index (χ3n) is 1.76. The molecule has 0 aromatic heterocycles. The number of nitrogens with one attached hydrogen (secondary N) is 2. The van der Waals surface area contributed by atoms with Crippen molar-refractivity contribution in [2.75, 3.05) is 6.54 Å². The highest BCUT2D eigenvalue weighted by atomic mass is 16.2. The number of carbonyl (C=O) groups is 3. The van der Waals surface area contributed by atoms with Crippen LogP contribution in [0.5, 0.6) is 0 Å². The lowest BCUT2D eigenvalue weighted by Gasteiger charge is -1.80. The van der Waals surface area contributed by atoms with Gasteiger partial charge in [0, 0.05) is 25.8 Å². The van der Waals surface area contributed by atoms with E-state index in [0.29, 0.717) is 12.8 Å². The van der Waals surface area contributed by atoms with Crippen LogP contribution in [0.3, 0.4) is 0 Å². The molecule has 2 aliphatic rings. The van der Waals surface area contributed by atoms with E-state index < -0.39 is 0 Å². The van der Waals surface area contributed by atoms with Gasteiger partial charge in [-0.2, -0.15) is 0 Å². The summed E-state index contributed by atoms with van der Waals surface area (Å²) in [6.45, 7) is 0.888. The molecular formula is C8H12N2O3. The molecule has 2 saturated heterocycles. The molecule has 0 aliphatic carbocycles. The standard InChI is InChI=1S/C4H5NO2.C4H7NO/c6-3-1-2-4(7)5-3;6-4-2-1-3-5-4/h1-2H2,(H,5,6,7);1-3H2,(H,5,6). The zero-order chi connectivity index (χ0) is 9.68. The van der Waals surface area contributed by atoms with E-state index in [1.54, 1.807) is 0 Å². The fraction of sp³-hybridized carbons (Fsp3) is 0.625. The Balaban J connectivity index is 0.000000132. The van der Waals surface area contributed by atoms with Crippen molar-refractivity contribution in [2.24, 2.45) is 0 Å². The van der Waals surface area contributed by atoms with Crippen LogP contribution in [0.4, 0.5) is 0 Å². The third-order valence-corrected chi connectivity index (χ3v) is 1.76. The summed E-state index contributed by atoms with van der Waals surface area (Å²) in [5.74, 6) is -0.0926. The van der Waals surface area contributed by atoms with Crippen LogP contribution >= 0.6 is 0 Å². The smallest absolute Gasteiger partial charge is 0.227 e. The zero-order valence-electron chi connectivity index (χ0n) is 7.26. The number of amides is 3. The SMILES string of the molecule is O=C1CCC(=O)N1.O=C1CCCN1. The minimum atomic E-state index is -0.148. The van der Waals surface area contributed by atoms with Gasteiger partial charge in [0.25, 0.3) is 0 Å². The van der Waals surface area contributed by atoms with Crippen molar-refractivity contribution in [2.45, 2.75) is 25.7 Å². The van der Waals surface area contributed by atoms with Crippen LogP contribution in [0.25, 0.3) is 0 Å². The summed E-state index contributed by atoms with van der Waals surface area (Å²) >= 11 is 0. The number of rotatable bonds is 0. The van der Waals surface area contributed by atoms with Crippen molar-refractivity contribution in [3.8, 4) is 0 Å². The highest BCUT2D eigenvalue weighted by molar-refractivity contribution is 6.01. The highest BCUT2D eigenvalue weighted by Gasteiger charge is 2.15. The first-order valence-corrected chi connectivity index (χ1v) is 4.28. The summed E-state index contributed by atoms with van der Waals surface area (Å²) < 4.78 is 0. The highest BCUT2D eigenvalue weighted by Crippen LogP contribution is 1.95. The van der Waals surface area contributed by atoms with E-state index in [9.17, 15) is 14.4 Å². The Hall–Kier alpha value is -1.39. The van der Waals surface area contributed by atoms with Crippen LogP contribution in [0.15, 0.2) is 0 Å². The van der Waals surface area contributed by atoms with Crippen molar-refractivity contribution in [1.29, 1.82) is 0 Å². The van der Waals surface area contributed by atoms with E-state index in [0.717, 1.165) is 19.4 Å². The minimum absolute atomic E-state index is 0.148. The second-order valence-electron chi connectivity index (χ2n) is 2.92. The zero-order valence-corrected chi connectivity index (χ0v) is 7.26. The summed E-state index contributed by atoms with van der Waals surface area (Å²) in [5.41, 5.74) is 0. The predicted molar refractivity (Wildman–Crippen MR) is 44.6 cm³/mol. The maximum atomic E-state index is 10.1. The van der Waals surface area contributed by atoms with Gasteiger partial charge in [-0.25, -0.2) is 0 Å². The molecule has 2 heterocycles. The Bertz CT molecular complexity index is 216. The molecule has 0 unspecified atom stereocenters. The summed E-state index contributed by atoms with van der Waals surface area (Å²) in [6, 6.07) is 0. The molecule has 3 amide bonds. The number of carbonyl (C=O) groups excluding carboxylic acids is 3. The molecular weight excluding hydrogens is 172 g/mol. The molecule has 0 saturated carbocycles. The molecule has 0 bridgehead atoms. The van der Waals surface area contributed by atoms with Crippen molar-refractivity contribution in [3.63, 3.8) is 0 Å². The van der Waals surface area contributed by atoms with Crippen LogP contribution in [-0.4, -0.2) is 24.3 Å². The molecule has 2 N–H and O–H groups in total. The molecule has 0 aromatic carbocycles. The van der Waals surface area contributed by atoms with Gasteiger partial charge >= 0.3 is 0 Å². The monoisotopic (exact) mass is 184 g/mol. The van der Waals surface area contributed by atoms with Crippen LogP contribution in [0.1, 0.15) is 25.7 Å². The largest absolute Gasteiger partial charge is 0.356 e. The molecule has 5 heteroatoms. The number of imide groups is 1. The van der Waals surface area contributed by atoms with Crippen molar-refractivity contribution >= 4 is 17.7 Å². The lowest BCUT2D eigenvalue weighted by molar-refractivity contribution is -0.125. The first-order valence-electron chi connectivity index (χ1n) is 4.28. The Labute approximate surface area is 75.9 Å². The van der Waals surface area contributed by atoms with Gasteiger partial charge in [0.2, 0.25) is 17.7 Å². The van der Waals surface area contributed by atoms with E-state index in [1.165, 1.54) is 0 Å². The molecule has 0 aromatic rings. The molecule has 2 aliphatic heterocycles. The van der Waals surface area contributed by atoms with E-state index in [1.807, 2.05) is 0 Å². The van der Waals surface area contributed by atoms with E-state index in [-0.39, 0.29) is 17.7 Å². The Morgan fingerprint density at radius 2 is 1.46 bits per heavy atom. The average Bonchev–Trinajstić information content (AvgIpc) is 2.64. The molecule has 13 heavy (non-hydrogen) atoms. The second-order valence-corrected chi connectivity index (χ2v) is 2.92. The molecule has 0 radical (unpaired) electrons. The summed E-state index contributed by atoms with van der Waals surface area (Å²) in [7, 11) is 0.